The van der Waals surface area contributed by atoms with Gasteiger partial charge in [0.2, 0.25) is 0 Å². The van der Waals surface area contributed by atoms with E-state index in [1.54, 1.807) is 0 Å². The highest BCUT2D eigenvalue weighted by Crippen LogP contribution is 2.31. The lowest BCUT2D eigenvalue weighted by Crippen LogP contribution is -2.10. The number of carbonyl (C=O) groups is 1. The minimum Gasteiger partial charge on any atom is -0.481 e. The fourth-order valence-electron chi connectivity index (χ4n) is 0.813. The highest BCUT2D eigenvalue weighted by atomic mass is 32.1. The maximum Gasteiger partial charge on any atom is 0.312 e. The van der Waals surface area contributed by atoms with E-state index in [1.165, 1.54) is 12.3 Å². The summed E-state index contributed by atoms with van der Waals surface area (Å²) in [7, 11) is 0. The average Bonchev–Trinajstić information content (AvgIpc) is 2.49. The quantitative estimate of drug-likeness (QED) is 0.852. The molecule has 1 aromatic heterocycles. The van der Waals surface area contributed by atoms with Crippen LogP contribution in [0.15, 0.2) is 5.38 Å². The van der Waals surface area contributed by atoms with Gasteiger partial charge >= 0.3 is 5.97 Å². The summed E-state index contributed by atoms with van der Waals surface area (Å²) in [5, 5.41) is 9.63. The smallest absolute Gasteiger partial charge is 0.312 e. The van der Waals surface area contributed by atoms with E-state index in [0.717, 1.165) is 18.3 Å². The summed E-state index contributed by atoms with van der Waals surface area (Å²) in [5.74, 6) is -4.91. The molecule has 0 bridgehead atoms. The summed E-state index contributed by atoms with van der Waals surface area (Å²) in [6.07, 6.45) is 0. The average molecular weight is 221 g/mol. The zero-order chi connectivity index (χ0) is 10.9. The molecule has 1 unspecified atom stereocenters. The van der Waals surface area contributed by atoms with Gasteiger partial charge in [0.05, 0.1) is 11.6 Å². The van der Waals surface area contributed by atoms with E-state index in [1.807, 2.05) is 0 Å². The lowest BCUT2D eigenvalue weighted by Gasteiger charge is -2.05. The Bertz CT molecular complexity index is 345. The van der Waals surface area contributed by atoms with Gasteiger partial charge in [-0.3, -0.25) is 4.79 Å². The fourth-order valence-corrected chi connectivity index (χ4v) is 1.67. The van der Waals surface area contributed by atoms with E-state index in [0.29, 0.717) is 0 Å². The van der Waals surface area contributed by atoms with Gasteiger partial charge in [0.25, 0.3) is 5.92 Å². The summed E-state index contributed by atoms with van der Waals surface area (Å²) in [6, 6.07) is 0. The Morgan fingerprint density at radius 2 is 2.29 bits per heavy atom. The summed E-state index contributed by atoms with van der Waals surface area (Å²) in [5.41, 5.74) is 0.180. The first-order valence-electron chi connectivity index (χ1n) is 3.89. The first-order chi connectivity index (χ1) is 6.32. The van der Waals surface area contributed by atoms with Crippen LogP contribution in [0.1, 0.15) is 30.5 Å². The predicted octanol–water partition coefficient (Wildman–Crippen LogP) is 2.44. The molecule has 1 heterocycles. The molecule has 0 amide bonds. The molecule has 14 heavy (non-hydrogen) atoms. The van der Waals surface area contributed by atoms with E-state index in [4.69, 9.17) is 5.11 Å². The molecule has 0 fully saturated rings. The first-order valence-corrected chi connectivity index (χ1v) is 4.77. The number of aliphatic carboxylic acids is 1. The molecule has 0 saturated carbocycles. The van der Waals surface area contributed by atoms with E-state index in [9.17, 15) is 13.6 Å². The third-order valence-corrected chi connectivity index (χ3v) is 2.74. The van der Waals surface area contributed by atoms with Gasteiger partial charge in [-0.25, -0.2) is 4.98 Å². The summed E-state index contributed by atoms with van der Waals surface area (Å²) in [6.45, 7) is 2.15. The van der Waals surface area contributed by atoms with Crippen LogP contribution < -0.4 is 0 Å². The number of thiazole rings is 1. The minimum atomic E-state index is -3.00. The lowest BCUT2D eigenvalue weighted by molar-refractivity contribution is -0.138. The van der Waals surface area contributed by atoms with Crippen LogP contribution in [0.2, 0.25) is 0 Å². The lowest BCUT2D eigenvalue weighted by atomic mass is 10.1. The molecule has 1 aromatic rings. The van der Waals surface area contributed by atoms with Crippen LogP contribution >= 0.6 is 11.3 Å². The van der Waals surface area contributed by atoms with E-state index < -0.39 is 17.8 Å². The third kappa shape index (κ3) is 2.25. The largest absolute Gasteiger partial charge is 0.481 e. The van der Waals surface area contributed by atoms with E-state index >= 15 is 0 Å². The summed E-state index contributed by atoms with van der Waals surface area (Å²) < 4.78 is 25.5. The second-order valence-electron chi connectivity index (χ2n) is 3.03. The fraction of sp³-hybridized carbons (Fsp3) is 0.500. The molecule has 0 aliphatic carbocycles. The van der Waals surface area contributed by atoms with Crippen molar-refractivity contribution in [3.05, 3.63) is 16.1 Å². The molecular weight excluding hydrogens is 212 g/mol. The number of aromatic nitrogens is 1. The second kappa shape index (κ2) is 3.61. The predicted molar refractivity (Wildman–Crippen MR) is 47.7 cm³/mol. The molecule has 1 atom stereocenters. The Morgan fingerprint density at radius 1 is 1.71 bits per heavy atom. The van der Waals surface area contributed by atoms with Crippen LogP contribution in [0.5, 0.6) is 0 Å². The number of nitrogens with zero attached hydrogens (tertiary/aromatic N) is 1. The van der Waals surface area contributed by atoms with Crippen LogP contribution in [0, 0.1) is 0 Å². The number of alkyl halides is 2. The molecular formula is C8H9F2NO2S. The topological polar surface area (TPSA) is 50.2 Å². The maximum atomic E-state index is 12.7. The van der Waals surface area contributed by atoms with Crippen molar-refractivity contribution in [1.29, 1.82) is 0 Å². The van der Waals surface area contributed by atoms with Gasteiger partial charge in [-0.1, -0.05) is 0 Å². The van der Waals surface area contributed by atoms with Crippen molar-refractivity contribution >= 4 is 17.3 Å². The molecule has 0 aliphatic rings. The Hall–Kier alpha value is -1.04. The van der Waals surface area contributed by atoms with E-state index in [2.05, 4.69) is 4.98 Å². The number of halogens is 2. The second-order valence-corrected chi connectivity index (χ2v) is 3.88. The van der Waals surface area contributed by atoms with Crippen molar-refractivity contribution < 1.29 is 18.7 Å². The van der Waals surface area contributed by atoms with Crippen molar-refractivity contribution in [3.63, 3.8) is 0 Å². The first kappa shape index (κ1) is 11.0. The summed E-state index contributed by atoms with van der Waals surface area (Å²) in [4.78, 5) is 14.1. The van der Waals surface area contributed by atoms with Gasteiger partial charge in [0.15, 0.2) is 5.01 Å². The zero-order valence-electron chi connectivity index (χ0n) is 7.62. The van der Waals surface area contributed by atoms with Crippen molar-refractivity contribution in [3.8, 4) is 0 Å². The monoisotopic (exact) mass is 221 g/mol. The van der Waals surface area contributed by atoms with Crippen LogP contribution in [0.25, 0.3) is 0 Å². The molecule has 1 N–H and O–H groups in total. The molecule has 78 valence electrons. The molecule has 0 saturated heterocycles. The van der Waals surface area contributed by atoms with Crippen LogP contribution in [-0.4, -0.2) is 16.1 Å². The van der Waals surface area contributed by atoms with Gasteiger partial charge in [-0.15, -0.1) is 11.3 Å². The zero-order valence-corrected chi connectivity index (χ0v) is 8.44. The molecule has 6 heteroatoms. The molecule has 0 radical (unpaired) electrons. The Kier molecular flexibility index (Phi) is 2.84. The standard InChI is InChI=1S/C8H9F2NO2S/c1-4(6(12)13)5-3-14-7(11-5)8(2,9)10/h3-4H,1-2H3,(H,12,13). The Morgan fingerprint density at radius 3 is 2.64 bits per heavy atom. The molecule has 0 aromatic carbocycles. The summed E-state index contributed by atoms with van der Waals surface area (Å²) >= 11 is 0.778. The Balaban J connectivity index is 2.94. The highest BCUT2D eigenvalue weighted by Gasteiger charge is 2.29. The van der Waals surface area contributed by atoms with Crippen molar-refractivity contribution in [2.24, 2.45) is 0 Å². The highest BCUT2D eigenvalue weighted by molar-refractivity contribution is 7.09. The van der Waals surface area contributed by atoms with E-state index in [-0.39, 0.29) is 10.7 Å². The van der Waals surface area contributed by atoms with Crippen LogP contribution in [0.3, 0.4) is 0 Å². The molecule has 3 nitrogen and oxygen atoms in total. The molecule has 1 rings (SSSR count). The van der Waals surface area contributed by atoms with Gasteiger partial charge in [0.1, 0.15) is 0 Å². The van der Waals surface area contributed by atoms with Gasteiger partial charge in [-0.05, 0) is 6.92 Å². The van der Waals surface area contributed by atoms with Crippen molar-refractivity contribution in [1.82, 2.24) is 4.98 Å². The molecule has 0 aliphatic heterocycles. The Labute approximate surface area is 83.4 Å². The normalized spacial score (nSPS) is 14.0. The van der Waals surface area contributed by atoms with Gasteiger partial charge < -0.3 is 5.11 Å². The van der Waals surface area contributed by atoms with Gasteiger partial charge in [0, 0.05) is 12.3 Å². The van der Waals surface area contributed by atoms with Crippen molar-refractivity contribution in [2.75, 3.05) is 0 Å². The van der Waals surface area contributed by atoms with Gasteiger partial charge in [-0.2, -0.15) is 8.78 Å². The SMILES string of the molecule is CC(C(=O)O)c1csc(C(C)(F)F)n1. The number of hydrogen-bond donors (Lipinski definition) is 1. The minimum absolute atomic E-state index is 0.180. The number of rotatable bonds is 3. The number of carboxylic acid groups (broad SMARTS) is 1. The van der Waals surface area contributed by atoms with Crippen molar-refractivity contribution in [2.45, 2.75) is 25.7 Å². The molecule has 0 spiro atoms. The van der Waals surface area contributed by atoms with Crippen LogP contribution in [-0.2, 0) is 10.7 Å². The van der Waals surface area contributed by atoms with Crippen LogP contribution in [0.4, 0.5) is 8.78 Å². The number of hydrogen-bond acceptors (Lipinski definition) is 3. The maximum absolute atomic E-state index is 12.7. The number of carboxylic acids is 1. The third-order valence-electron chi connectivity index (χ3n) is 1.71.